The molecule has 21 heteroatoms. The van der Waals surface area contributed by atoms with E-state index in [1.54, 1.807) is 28.8 Å². The molecule has 0 aliphatic carbocycles. The molecule has 11 rings (SSSR count). The van der Waals surface area contributed by atoms with E-state index in [2.05, 4.69) is 0 Å². The van der Waals surface area contributed by atoms with Gasteiger partial charge in [-0.1, -0.05) is 72.8 Å². The predicted molar refractivity (Wildman–Crippen MR) is 272 cm³/mol. The van der Waals surface area contributed by atoms with E-state index in [-0.39, 0.29) is 84.0 Å². The van der Waals surface area contributed by atoms with Crippen LogP contribution in [0.25, 0.3) is 99.5 Å². The Labute approximate surface area is 449 Å². The lowest BCUT2D eigenvalue weighted by atomic mass is 9.90. The van der Waals surface area contributed by atoms with Crippen molar-refractivity contribution in [3.8, 4) is 62.0 Å². The maximum Gasteiger partial charge on any atom is 0.417 e. The van der Waals surface area contributed by atoms with Gasteiger partial charge in [0.1, 0.15) is 0 Å². The first-order chi connectivity index (χ1) is 38.4. The summed E-state index contributed by atoms with van der Waals surface area (Å²) in [7, 11) is 0. The zero-order chi connectivity index (χ0) is 58.8. The molecule has 2 aromatic heterocycles. The second kappa shape index (κ2) is 19.0. The van der Waals surface area contributed by atoms with Gasteiger partial charge in [-0.2, -0.15) is 84.3 Å². The Morgan fingerprint density at radius 3 is 1.05 bits per heavy atom. The number of hydrogen-bond donors (Lipinski definition) is 0. The normalized spacial score (nSPS) is 13.0. The summed E-state index contributed by atoms with van der Waals surface area (Å²) in [5, 5.41) is 11.4. The third-order valence-electron chi connectivity index (χ3n) is 14.0. The lowest BCUT2D eigenvalue weighted by Crippen LogP contribution is -2.14. The van der Waals surface area contributed by atoms with Crippen molar-refractivity contribution in [2.75, 3.05) is 0 Å². The van der Waals surface area contributed by atoms with Crippen molar-refractivity contribution in [2.45, 2.75) is 37.1 Å². The summed E-state index contributed by atoms with van der Waals surface area (Å²) < 4.78 is 262. The molecule has 0 amide bonds. The molecule has 0 aliphatic rings. The molecule has 0 unspecified atom stereocenters. The molecule has 11 aromatic rings. The number of rotatable bonds is 6. The van der Waals surface area contributed by atoms with Gasteiger partial charge in [0.25, 0.3) is 0 Å². The van der Waals surface area contributed by atoms with Crippen molar-refractivity contribution in [3.05, 3.63) is 215 Å². The third-order valence-corrected chi connectivity index (χ3v) is 14.0. The Morgan fingerprint density at radius 1 is 0.293 bits per heavy atom. The minimum absolute atomic E-state index is 0.00436. The van der Waals surface area contributed by atoms with E-state index in [4.69, 9.17) is 0 Å². The van der Waals surface area contributed by atoms with Gasteiger partial charge in [-0.05, 0) is 131 Å². The van der Waals surface area contributed by atoms with Gasteiger partial charge in [0.05, 0.1) is 78.5 Å². The van der Waals surface area contributed by atoms with Gasteiger partial charge >= 0.3 is 37.1 Å². The van der Waals surface area contributed by atoms with Gasteiger partial charge in [-0.25, -0.2) is 0 Å². The standard InChI is InChI=1S/C61H29F18N3/c62-56(63,64)37-21-35(22-38(28-37)57(65,66)67)32-14-18-51-45(25-32)41-6-1-3-10-49(41)81(51)53-20-31(30-80)12-16-43(53)44-17-13-34(55-47(60(74,75)76)8-5-9-48(55)61(77,78)79)27-54(44)82-50-11-4-2-7-42(50)46-26-33(15-19-52(46)82)36-23-39(58(68,69)70)29-40(24-36)59(71,72)73/h1-29H. The first-order valence-corrected chi connectivity index (χ1v) is 24.0. The second-order valence-electron chi connectivity index (χ2n) is 19.1. The highest BCUT2D eigenvalue weighted by Gasteiger charge is 2.42. The maximum absolute atomic E-state index is 15.0. The second-order valence-corrected chi connectivity index (χ2v) is 19.1. The van der Waals surface area contributed by atoms with Crippen LogP contribution in [0.2, 0.25) is 0 Å². The molecule has 9 aromatic carbocycles. The van der Waals surface area contributed by atoms with Crippen LogP contribution < -0.4 is 0 Å². The smallest absolute Gasteiger partial charge is 0.309 e. The van der Waals surface area contributed by atoms with Gasteiger partial charge < -0.3 is 9.13 Å². The SMILES string of the molecule is N#Cc1ccc(-c2ccc(-c3c(C(F)(F)F)cccc3C(F)(F)F)cc2-n2c3ccccc3c3cc(-c4cc(C(F)(F)F)cc(C(F)(F)F)c4)ccc32)c(-n2c3ccccc3c3cc(-c4cc(C(F)(F)F)cc(C(F)(F)F)c4)ccc32)c1. The molecule has 0 atom stereocenters. The summed E-state index contributed by atoms with van der Waals surface area (Å²) in [5.74, 6) is 0. The fraction of sp³-hybridized carbons (Fsp3) is 0.0984. The number of alkyl halides is 18. The zero-order valence-corrected chi connectivity index (χ0v) is 40.9. The monoisotopic (exact) mass is 1150 g/mol. The third kappa shape index (κ3) is 9.68. The molecular formula is C61H29F18N3. The van der Waals surface area contributed by atoms with Gasteiger partial charge in [-0.15, -0.1) is 0 Å². The zero-order valence-electron chi connectivity index (χ0n) is 40.9. The quantitative estimate of drug-likeness (QED) is 0.153. The number of aromatic nitrogens is 2. The number of para-hydroxylation sites is 2. The topological polar surface area (TPSA) is 33.6 Å². The molecular weight excluding hydrogens is 1120 g/mol. The summed E-state index contributed by atoms with van der Waals surface area (Å²) in [4.78, 5) is 0. The Hall–Kier alpha value is -9.19. The van der Waals surface area contributed by atoms with Gasteiger partial charge in [0, 0.05) is 38.2 Å². The molecule has 0 N–H and O–H groups in total. The highest BCUT2D eigenvalue weighted by Crippen LogP contribution is 2.49. The Balaban J connectivity index is 1.22. The Morgan fingerprint density at radius 2 is 0.659 bits per heavy atom. The van der Waals surface area contributed by atoms with Crippen LogP contribution >= 0.6 is 0 Å². The Kier molecular flexibility index (Phi) is 12.7. The lowest BCUT2D eigenvalue weighted by molar-refractivity contribution is -0.144. The molecule has 0 fully saturated rings. The molecule has 0 spiro atoms. The van der Waals surface area contributed by atoms with Crippen LogP contribution in [-0.2, 0) is 37.1 Å². The summed E-state index contributed by atoms with van der Waals surface area (Å²) in [6.45, 7) is 0. The average Bonchev–Trinajstić information content (AvgIpc) is 2.14. The molecule has 414 valence electrons. The number of halogens is 18. The fourth-order valence-electron chi connectivity index (χ4n) is 10.5. The van der Waals surface area contributed by atoms with Gasteiger partial charge in [0.15, 0.2) is 0 Å². The summed E-state index contributed by atoms with van der Waals surface area (Å²) in [6.07, 6.45) is -31.6. The number of benzene rings is 9. The van der Waals surface area contributed by atoms with Crippen LogP contribution in [0.5, 0.6) is 0 Å². The molecule has 0 bridgehead atoms. The fourth-order valence-corrected chi connectivity index (χ4v) is 10.5. The van der Waals surface area contributed by atoms with Crippen LogP contribution in [0.15, 0.2) is 176 Å². The lowest BCUT2D eigenvalue weighted by Gasteiger charge is -2.22. The molecule has 0 saturated carbocycles. The van der Waals surface area contributed by atoms with E-state index in [9.17, 15) is 84.3 Å². The maximum atomic E-state index is 15.0. The predicted octanol–water partition coefficient (Wildman–Crippen LogP) is 20.5. The minimum Gasteiger partial charge on any atom is -0.309 e. The van der Waals surface area contributed by atoms with Crippen molar-refractivity contribution in [2.24, 2.45) is 0 Å². The van der Waals surface area contributed by atoms with E-state index in [0.29, 0.717) is 53.4 Å². The molecule has 3 nitrogen and oxygen atoms in total. The highest BCUT2D eigenvalue weighted by atomic mass is 19.4. The van der Waals surface area contributed by atoms with Crippen LogP contribution in [-0.4, -0.2) is 9.13 Å². The van der Waals surface area contributed by atoms with E-state index < -0.39 is 92.7 Å². The minimum atomic E-state index is -5.37. The van der Waals surface area contributed by atoms with Crippen LogP contribution in [0.1, 0.15) is 38.9 Å². The number of nitrogens with zero attached hydrogens (tertiary/aromatic N) is 3. The number of nitriles is 1. The summed E-state index contributed by atoms with van der Waals surface area (Å²) >= 11 is 0. The number of hydrogen-bond acceptors (Lipinski definition) is 1. The molecule has 82 heavy (non-hydrogen) atoms. The highest BCUT2D eigenvalue weighted by molar-refractivity contribution is 6.13. The Bertz CT molecular complexity index is 4340. The van der Waals surface area contributed by atoms with Crippen LogP contribution in [0, 0.1) is 11.3 Å². The van der Waals surface area contributed by atoms with E-state index >= 15 is 0 Å². The van der Waals surface area contributed by atoms with E-state index in [1.165, 1.54) is 89.5 Å². The van der Waals surface area contributed by atoms with Crippen molar-refractivity contribution < 1.29 is 79.0 Å². The largest absolute Gasteiger partial charge is 0.417 e. The first kappa shape index (κ1) is 54.8. The van der Waals surface area contributed by atoms with Crippen molar-refractivity contribution in [1.29, 1.82) is 5.26 Å². The molecule has 0 aliphatic heterocycles. The summed E-state index contributed by atoms with van der Waals surface area (Å²) in [6, 6.07) is 33.5. The van der Waals surface area contributed by atoms with Crippen molar-refractivity contribution in [3.63, 3.8) is 0 Å². The van der Waals surface area contributed by atoms with Gasteiger partial charge in [0.2, 0.25) is 0 Å². The van der Waals surface area contributed by atoms with E-state index in [1.807, 2.05) is 6.07 Å². The van der Waals surface area contributed by atoms with Crippen LogP contribution in [0.3, 0.4) is 0 Å². The molecule has 0 radical (unpaired) electrons. The summed E-state index contributed by atoms with van der Waals surface area (Å²) in [5.41, 5.74) is -11.7. The van der Waals surface area contributed by atoms with Crippen molar-refractivity contribution >= 4 is 43.6 Å². The number of fused-ring (bicyclic) bond motifs is 6. The first-order valence-electron chi connectivity index (χ1n) is 24.0. The average molecular weight is 1150 g/mol. The van der Waals surface area contributed by atoms with E-state index in [0.717, 1.165) is 12.1 Å². The van der Waals surface area contributed by atoms with Gasteiger partial charge in [-0.3, -0.25) is 0 Å². The molecule has 0 saturated heterocycles. The van der Waals surface area contributed by atoms with Crippen molar-refractivity contribution in [1.82, 2.24) is 9.13 Å². The van der Waals surface area contributed by atoms with Crippen LogP contribution in [0.4, 0.5) is 79.0 Å². The molecule has 2 heterocycles.